The standard InChI is InChI=1S/C23H24BrClN2O3/c1-27(2)14-13-20(16-7-9-17(25)10-8-16)26-23(28)22-12-11-18(30-22)15-29-21-6-4-3-5-19(21)24/h3-12,20H,13-15H2,1-2H3,(H,26,28). The number of benzene rings is 2. The van der Waals surface area contributed by atoms with Crippen LogP contribution in [-0.2, 0) is 6.61 Å². The normalized spacial score (nSPS) is 12.0. The van der Waals surface area contributed by atoms with Crippen LogP contribution in [0.25, 0.3) is 0 Å². The highest BCUT2D eigenvalue weighted by Gasteiger charge is 2.19. The van der Waals surface area contributed by atoms with E-state index in [2.05, 4.69) is 26.1 Å². The maximum Gasteiger partial charge on any atom is 0.287 e. The van der Waals surface area contributed by atoms with Crippen LogP contribution in [0.2, 0.25) is 5.02 Å². The molecular weight excluding hydrogens is 468 g/mol. The zero-order chi connectivity index (χ0) is 21.5. The highest BCUT2D eigenvalue weighted by Crippen LogP contribution is 2.25. The predicted octanol–water partition coefficient (Wildman–Crippen LogP) is 5.70. The first kappa shape index (κ1) is 22.4. The highest BCUT2D eigenvalue weighted by atomic mass is 79.9. The molecule has 1 aromatic heterocycles. The lowest BCUT2D eigenvalue weighted by atomic mass is 10.0. The SMILES string of the molecule is CN(C)CCC(NC(=O)c1ccc(COc2ccccc2Br)o1)c1ccc(Cl)cc1. The minimum atomic E-state index is -0.263. The molecule has 0 aliphatic carbocycles. The lowest BCUT2D eigenvalue weighted by Gasteiger charge is -2.21. The van der Waals surface area contributed by atoms with Gasteiger partial charge in [-0.25, -0.2) is 0 Å². The molecule has 7 heteroatoms. The number of furan rings is 1. The number of nitrogens with zero attached hydrogens (tertiary/aromatic N) is 1. The van der Waals surface area contributed by atoms with Crippen molar-refractivity contribution in [2.24, 2.45) is 0 Å². The molecule has 0 aliphatic rings. The Bertz CT molecular complexity index is 973. The summed E-state index contributed by atoms with van der Waals surface area (Å²) in [5.74, 6) is 1.28. The van der Waals surface area contributed by atoms with E-state index in [0.29, 0.717) is 16.5 Å². The van der Waals surface area contributed by atoms with Crippen molar-refractivity contribution in [1.82, 2.24) is 10.2 Å². The minimum Gasteiger partial charge on any atom is -0.484 e. The van der Waals surface area contributed by atoms with Crippen molar-refractivity contribution < 1.29 is 13.9 Å². The van der Waals surface area contributed by atoms with Crippen molar-refractivity contribution in [3.05, 3.63) is 87.2 Å². The van der Waals surface area contributed by atoms with Crippen LogP contribution in [-0.4, -0.2) is 31.4 Å². The molecule has 30 heavy (non-hydrogen) atoms. The smallest absolute Gasteiger partial charge is 0.287 e. The molecule has 1 amide bonds. The molecular formula is C23H24BrClN2O3. The summed E-state index contributed by atoms with van der Waals surface area (Å²) < 4.78 is 12.3. The third-order valence-corrected chi connectivity index (χ3v) is 5.44. The van der Waals surface area contributed by atoms with Crippen LogP contribution in [0.1, 0.15) is 34.3 Å². The molecule has 1 N–H and O–H groups in total. The molecule has 1 atom stereocenters. The molecule has 5 nitrogen and oxygen atoms in total. The second-order valence-electron chi connectivity index (χ2n) is 7.15. The molecule has 3 aromatic rings. The molecule has 2 aromatic carbocycles. The number of hydrogen-bond acceptors (Lipinski definition) is 4. The summed E-state index contributed by atoms with van der Waals surface area (Å²) in [5.41, 5.74) is 0.999. The highest BCUT2D eigenvalue weighted by molar-refractivity contribution is 9.10. The maximum absolute atomic E-state index is 12.8. The summed E-state index contributed by atoms with van der Waals surface area (Å²) in [7, 11) is 4.01. The van der Waals surface area contributed by atoms with Gasteiger partial charge in [0.25, 0.3) is 5.91 Å². The first-order chi connectivity index (χ1) is 14.4. The summed E-state index contributed by atoms with van der Waals surface area (Å²) in [6.45, 7) is 1.06. The van der Waals surface area contributed by atoms with Gasteiger partial charge in [-0.15, -0.1) is 0 Å². The van der Waals surface area contributed by atoms with Crippen molar-refractivity contribution in [2.45, 2.75) is 19.1 Å². The Morgan fingerprint density at radius 3 is 2.57 bits per heavy atom. The topological polar surface area (TPSA) is 54.7 Å². The Labute approximate surface area is 190 Å². The third kappa shape index (κ3) is 6.36. The number of carbonyl (C=O) groups is 1. The fraction of sp³-hybridized carbons (Fsp3) is 0.261. The largest absolute Gasteiger partial charge is 0.484 e. The molecule has 0 bridgehead atoms. The first-order valence-corrected chi connectivity index (χ1v) is 10.8. The first-order valence-electron chi connectivity index (χ1n) is 9.59. The van der Waals surface area contributed by atoms with Gasteiger partial charge in [-0.1, -0.05) is 35.9 Å². The predicted molar refractivity (Wildman–Crippen MR) is 122 cm³/mol. The van der Waals surface area contributed by atoms with Crippen LogP contribution < -0.4 is 10.1 Å². The van der Waals surface area contributed by atoms with E-state index in [9.17, 15) is 4.79 Å². The molecule has 0 saturated heterocycles. The summed E-state index contributed by atoms with van der Waals surface area (Å²) >= 11 is 9.45. The van der Waals surface area contributed by atoms with Gasteiger partial charge in [-0.3, -0.25) is 4.79 Å². The number of amides is 1. The second kappa shape index (κ2) is 10.7. The molecule has 0 spiro atoms. The van der Waals surface area contributed by atoms with Gasteiger partial charge >= 0.3 is 0 Å². The average molecular weight is 492 g/mol. The molecule has 3 rings (SSSR count). The Hall–Kier alpha value is -2.28. The number of nitrogens with one attached hydrogen (secondary N) is 1. The number of ether oxygens (including phenoxy) is 1. The summed E-state index contributed by atoms with van der Waals surface area (Å²) in [6.07, 6.45) is 0.763. The zero-order valence-electron chi connectivity index (χ0n) is 16.9. The van der Waals surface area contributed by atoms with E-state index in [4.69, 9.17) is 20.8 Å². The van der Waals surface area contributed by atoms with Crippen molar-refractivity contribution >= 4 is 33.4 Å². The number of hydrogen-bond donors (Lipinski definition) is 1. The number of para-hydroxylation sites is 1. The van der Waals surface area contributed by atoms with Gasteiger partial charge in [0.2, 0.25) is 0 Å². The van der Waals surface area contributed by atoms with E-state index in [1.165, 1.54) is 0 Å². The van der Waals surface area contributed by atoms with E-state index in [0.717, 1.165) is 23.0 Å². The second-order valence-corrected chi connectivity index (χ2v) is 8.45. The van der Waals surface area contributed by atoms with Crippen LogP contribution >= 0.6 is 27.5 Å². The van der Waals surface area contributed by atoms with Crippen molar-refractivity contribution in [3.8, 4) is 5.75 Å². The lowest BCUT2D eigenvalue weighted by Crippen LogP contribution is -2.30. The average Bonchev–Trinajstić information content (AvgIpc) is 3.20. The molecule has 1 unspecified atom stereocenters. The molecule has 158 valence electrons. The van der Waals surface area contributed by atoms with Crippen LogP contribution in [0, 0.1) is 0 Å². The van der Waals surface area contributed by atoms with E-state index >= 15 is 0 Å². The minimum absolute atomic E-state index is 0.151. The number of rotatable bonds is 9. The summed E-state index contributed by atoms with van der Waals surface area (Å²) in [5, 5.41) is 3.73. The lowest BCUT2D eigenvalue weighted by molar-refractivity contribution is 0.0900. The summed E-state index contributed by atoms with van der Waals surface area (Å²) in [6, 6.07) is 18.4. The summed E-state index contributed by atoms with van der Waals surface area (Å²) in [4.78, 5) is 14.9. The van der Waals surface area contributed by atoms with E-state index < -0.39 is 0 Å². The maximum atomic E-state index is 12.8. The van der Waals surface area contributed by atoms with E-state index in [1.807, 2.05) is 62.6 Å². The van der Waals surface area contributed by atoms with Gasteiger partial charge in [0.05, 0.1) is 10.5 Å². The monoisotopic (exact) mass is 490 g/mol. The van der Waals surface area contributed by atoms with E-state index in [1.54, 1.807) is 12.1 Å². The molecule has 0 aliphatic heterocycles. The fourth-order valence-corrected chi connectivity index (χ4v) is 3.45. The Kier molecular flexibility index (Phi) is 7.96. The zero-order valence-corrected chi connectivity index (χ0v) is 19.2. The fourth-order valence-electron chi connectivity index (χ4n) is 2.92. The number of halogens is 2. The quantitative estimate of drug-likeness (QED) is 0.417. The molecule has 0 saturated carbocycles. The molecule has 0 fully saturated rings. The van der Waals surface area contributed by atoms with Crippen molar-refractivity contribution in [1.29, 1.82) is 0 Å². The van der Waals surface area contributed by atoms with Gasteiger partial charge in [-0.2, -0.15) is 0 Å². The van der Waals surface area contributed by atoms with Gasteiger partial charge in [0.1, 0.15) is 18.1 Å². The van der Waals surface area contributed by atoms with Gasteiger partial charge in [0.15, 0.2) is 5.76 Å². The van der Waals surface area contributed by atoms with Gasteiger partial charge in [0, 0.05) is 5.02 Å². The van der Waals surface area contributed by atoms with Crippen LogP contribution in [0.3, 0.4) is 0 Å². The Morgan fingerprint density at radius 1 is 1.13 bits per heavy atom. The Morgan fingerprint density at radius 2 is 1.87 bits per heavy atom. The van der Waals surface area contributed by atoms with Crippen LogP contribution in [0.4, 0.5) is 0 Å². The molecule has 0 radical (unpaired) electrons. The molecule has 1 heterocycles. The van der Waals surface area contributed by atoms with Crippen LogP contribution in [0.5, 0.6) is 5.75 Å². The van der Waals surface area contributed by atoms with Gasteiger partial charge < -0.3 is 19.4 Å². The number of carbonyl (C=O) groups excluding carboxylic acids is 1. The van der Waals surface area contributed by atoms with Gasteiger partial charge in [-0.05, 0) is 85.0 Å². The van der Waals surface area contributed by atoms with Crippen molar-refractivity contribution in [3.63, 3.8) is 0 Å². The Balaban J connectivity index is 1.65. The van der Waals surface area contributed by atoms with Crippen molar-refractivity contribution in [2.75, 3.05) is 20.6 Å². The van der Waals surface area contributed by atoms with E-state index in [-0.39, 0.29) is 24.3 Å². The third-order valence-electron chi connectivity index (χ3n) is 4.53. The van der Waals surface area contributed by atoms with Crippen LogP contribution in [0.15, 0.2) is 69.6 Å².